The van der Waals surface area contributed by atoms with Gasteiger partial charge in [-0.2, -0.15) is 0 Å². The van der Waals surface area contributed by atoms with E-state index >= 15 is 0 Å². The lowest BCUT2D eigenvalue weighted by Crippen LogP contribution is -2.52. The predicted molar refractivity (Wildman–Crippen MR) is 113 cm³/mol. The number of likely N-dealkylation sites (tertiary alicyclic amines) is 1. The summed E-state index contributed by atoms with van der Waals surface area (Å²) in [6.45, 7) is 7.38. The van der Waals surface area contributed by atoms with Crippen LogP contribution < -0.4 is 0 Å². The molecule has 1 aromatic rings. The van der Waals surface area contributed by atoms with E-state index in [1.54, 1.807) is 0 Å². The first kappa shape index (κ1) is 20.2. The van der Waals surface area contributed by atoms with Gasteiger partial charge in [-0.05, 0) is 82.3 Å². The SMILES string of the molecule is CCCC1CCN(C2CCC(c3ccc(Cl)cc3)(N(C)C)CC2CC)C1. The van der Waals surface area contributed by atoms with Gasteiger partial charge in [0.05, 0.1) is 0 Å². The van der Waals surface area contributed by atoms with E-state index in [-0.39, 0.29) is 5.54 Å². The van der Waals surface area contributed by atoms with Crippen LogP contribution in [0.5, 0.6) is 0 Å². The average molecular weight is 377 g/mol. The summed E-state index contributed by atoms with van der Waals surface area (Å²) in [7, 11) is 4.52. The molecule has 3 rings (SSSR count). The Balaban J connectivity index is 1.78. The molecule has 2 fully saturated rings. The molecule has 4 unspecified atom stereocenters. The van der Waals surface area contributed by atoms with E-state index in [1.165, 1.54) is 63.6 Å². The number of nitrogens with zero attached hydrogens (tertiary/aromatic N) is 2. The van der Waals surface area contributed by atoms with E-state index in [0.29, 0.717) is 0 Å². The molecule has 0 radical (unpaired) electrons. The van der Waals surface area contributed by atoms with Gasteiger partial charge in [0.2, 0.25) is 0 Å². The normalized spacial score (nSPS) is 33.1. The summed E-state index contributed by atoms with van der Waals surface area (Å²) in [5, 5.41) is 0.836. The first-order valence-electron chi connectivity index (χ1n) is 10.7. The highest BCUT2D eigenvalue weighted by Gasteiger charge is 2.45. The molecule has 4 atom stereocenters. The highest BCUT2D eigenvalue weighted by atomic mass is 35.5. The number of benzene rings is 1. The van der Waals surface area contributed by atoms with Crippen molar-refractivity contribution in [1.82, 2.24) is 9.80 Å². The molecule has 26 heavy (non-hydrogen) atoms. The molecule has 0 N–H and O–H groups in total. The third-order valence-corrected chi connectivity index (χ3v) is 7.49. The minimum absolute atomic E-state index is 0.157. The van der Waals surface area contributed by atoms with Crippen LogP contribution in [0.25, 0.3) is 0 Å². The summed E-state index contributed by atoms with van der Waals surface area (Å²) in [4.78, 5) is 5.31. The van der Waals surface area contributed by atoms with Crippen molar-refractivity contribution in [2.24, 2.45) is 11.8 Å². The Morgan fingerprint density at radius 2 is 1.88 bits per heavy atom. The van der Waals surface area contributed by atoms with Crippen molar-refractivity contribution in [2.75, 3.05) is 27.2 Å². The van der Waals surface area contributed by atoms with Crippen molar-refractivity contribution in [1.29, 1.82) is 0 Å². The first-order chi connectivity index (χ1) is 12.5. The smallest absolute Gasteiger partial charge is 0.0458 e. The van der Waals surface area contributed by atoms with Crippen LogP contribution in [0.1, 0.15) is 64.4 Å². The molecule has 0 spiro atoms. The maximum atomic E-state index is 6.16. The fourth-order valence-corrected chi connectivity index (χ4v) is 5.81. The molecule has 0 bridgehead atoms. The van der Waals surface area contributed by atoms with Crippen LogP contribution in [0.2, 0.25) is 5.02 Å². The molecule has 0 amide bonds. The second-order valence-electron chi connectivity index (χ2n) is 8.85. The Morgan fingerprint density at radius 3 is 2.50 bits per heavy atom. The molecule has 3 heteroatoms. The molecular formula is C23H37ClN2. The zero-order chi connectivity index (χ0) is 18.7. The van der Waals surface area contributed by atoms with E-state index in [1.807, 2.05) is 0 Å². The van der Waals surface area contributed by atoms with Crippen LogP contribution in [0, 0.1) is 11.8 Å². The molecule has 2 aliphatic rings. The van der Waals surface area contributed by atoms with Gasteiger partial charge in [-0.25, -0.2) is 0 Å². The fraction of sp³-hybridized carbons (Fsp3) is 0.739. The molecule has 1 saturated carbocycles. The maximum absolute atomic E-state index is 6.16. The van der Waals surface area contributed by atoms with Crippen molar-refractivity contribution >= 4 is 11.6 Å². The first-order valence-corrected chi connectivity index (χ1v) is 11.1. The van der Waals surface area contributed by atoms with Gasteiger partial charge in [-0.1, -0.05) is 50.4 Å². The lowest BCUT2D eigenvalue weighted by atomic mass is 9.68. The Labute approximate surface area is 165 Å². The summed E-state index contributed by atoms with van der Waals surface area (Å²) in [6.07, 6.45) is 9.26. The molecule has 2 nitrogen and oxygen atoms in total. The van der Waals surface area contributed by atoms with Crippen LogP contribution >= 0.6 is 11.6 Å². The Hall–Kier alpha value is -0.570. The van der Waals surface area contributed by atoms with Crippen LogP contribution in [0.3, 0.4) is 0 Å². The molecule has 1 saturated heterocycles. The standard InChI is InChI=1S/C23H37ClN2/c1-5-7-18-13-15-26(17-18)22-12-14-23(25(3)4,16-19(22)6-2)20-8-10-21(24)11-9-20/h8-11,18-19,22H,5-7,12-17H2,1-4H3. The third-order valence-electron chi connectivity index (χ3n) is 7.24. The number of hydrogen-bond donors (Lipinski definition) is 0. The highest BCUT2D eigenvalue weighted by molar-refractivity contribution is 6.30. The Bertz CT molecular complexity index is 570. The minimum atomic E-state index is 0.157. The summed E-state index contributed by atoms with van der Waals surface area (Å²) in [6, 6.07) is 9.41. The molecule has 1 aromatic carbocycles. The van der Waals surface area contributed by atoms with Crippen molar-refractivity contribution in [3.8, 4) is 0 Å². The Kier molecular flexibility index (Phi) is 6.69. The largest absolute Gasteiger partial charge is 0.300 e. The number of hydrogen-bond acceptors (Lipinski definition) is 2. The van der Waals surface area contributed by atoms with E-state index in [9.17, 15) is 0 Å². The molecule has 146 valence electrons. The van der Waals surface area contributed by atoms with E-state index < -0.39 is 0 Å². The maximum Gasteiger partial charge on any atom is 0.0458 e. The average Bonchev–Trinajstić information content (AvgIpc) is 3.10. The van der Waals surface area contributed by atoms with E-state index in [2.05, 4.69) is 62.0 Å². The van der Waals surface area contributed by atoms with E-state index in [0.717, 1.165) is 22.9 Å². The van der Waals surface area contributed by atoms with Crippen molar-refractivity contribution in [3.63, 3.8) is 0 Å². The molecule has 1 heterocycles. The molecule has 0 aromatic heterocycles. The van der Waals surface area contributed by atoms with Crippen LogP contribution in [0.4, 0.5) is 0 Å². The lowest BCUT2D eigenvalue weighted by Gasteiger charge is -2.51. The van der Waals surface area contributed by atoms with Crippen molar-refractivity contribution in [3.05, 3.63) is 34.9 Å². The minimum Gasteiger partial charge on any atom is -0.300 e. The highest BCUT2D eigenvalue weighted by Crippen LogP contribution is 2.47. The van der Waals surface area contributed by atoms with Crippen molar-refractivity contribution in [2.45, 2.75) is 70.4 Å². The van der Waals surface area contributed by atoms with Gasteiger partial charge in [-0.3, -0.25) is 9.80 Å². The van der Waals surface area contributed by atoms with Gasteiger partial charge >= 0.3 is 0 Å². The van der Waals surface area contributed by atoms with Crippen LogP contribution in [-0.4, -0.2) is 43.0 Å². The molecule has 1 aliphatic heterocycles. The fourth-order valence-electron chi connectivity index (χ4n) is 5.69. The summed E-state index contributed by atoms with van der Waals surface area (Å²) in [5.41, 5.74) is 1.60. The van der Waals surface area contributed by atoms with Gasteiger partial charge in [0, 0.05) is 23.1 Å². The van der Waals surface area contributed by atoms with Crippen molar-refractivity contribution < 1.29 is 0 Å². The summed E-state index contributed by atoms with van der Waals surface area (Å²) >= 11 is 6.16. The van der Waals surface area contributed by atoms with Gasteiger partial charge in [0.25, 0.3) is 0 Å². The second-order valence-corrected chi connectivity index (χ2v) is 9.29. The summed E-state index contributed by atoms with van der Waals surface area (Å²) in [5.74, 6) is 1.72. The van der Waals surface area contributed by atoms with Gasteiger partial charge in [0.1, 0.15) is 0 Å². The third kappa shape index (κ3) is 3.98. The monoisotopic (exact) mass is 376 g/mol. The van der Waals surface area contributed by atoms with Crippen LogP contribution in [0.15, 0.2) is 24.3 Å². The number of rotatable bonds is 6. The molecule has 1 aliphatic carbocycles. The topological polar surface area (TPSA) is 6.48 Å². The quantitative estimate of drug-likeness (QED) is 0.619. The Morgan fingerprint density at radius 1 is 1.15 bits per heavy atom. The summed E-state index contributed by atoms with van der Waals surface area (Å²) < 4.78 is 0. The van der Waals surface area contributed by atoms with E-state index in [4.69, 9.17) is 11.6 Å². The van der Waals surface area contributed by atoms with Crippen LogP contribution in [-0.2, 0) is 5.54 Å². The van der Waals surface area contributed by atoms with Gasteiger partial charge in [0.15, 0.2) is 0 Å². The lowest BCUT2D eigenvalue weighted by molar-refractivity contribution is 0.0127. The second kappa shape index (κ2) is 8.63. The number of halogens is 1. The van der Waals surface area contributed by atoms with Gasteiger partial charge in [-0.15, -0.1) is 0 Å². The zero-order valence-electron chi connectivity index (χ0n) is 17.2. The zero-order valence-corrected chi connectivity index (χ0v) is 17.9. The molecular weight excluding hydrogens is 340 g/mol. The van der Waals surface area contributed by atoms with Gasteiger partial charge < -0.3 is 0 Å². The predicted octanol–water partition coefficient (Wildman–Crippen LogP) is 5.80.